The summed E-state index contributed by atoms with van der Waals surface area (Å²) in [7, 11) is 0. The highest BCUT2D eigenvalue weighted by molar-refractivity contribution is 6.33. The minimum Gasteiger partial charge on any atom is -0.436 e. The van der Waals surface area contributed by atoms with E-state index in [1.165, 1.54) is 17.4 Å². The number of rotatable bonds is 6. The lowest BCUT2D eigenvalue weighted by Gasteiger charge is -2.41. The number of morpholine rings is 1. The summed E-state index contributed by atoms with van der Waals surface area (Å²) < 4.78 is 52.7. The lowest BCUT2D eigenvalue weighted by molar-refractivity contribution is -0.142. The van der Waals surface area contributed by atoms with Crippen molar-refractivity contribution in [2.75, 3.05) is 64.8 Å². The Bertz CT molecular complexity index is 1350. The standard InChI is InChI=1S/C34H48ClF3N6O5/c35-27-20-22(19-26(30(27)39)34(36,37)38)21-29(31(45)42-10-6-24(7-11-42)41-15-17-48-18-16-41)49-33(47)43-12-8-25(9-13-43)44-14-5-23-3-1-2-4-28(23)40-32(44)46/h19-20,23-25,28-29H,1-18,21,39H2,(H,40,46)/t23?,28?,29-/m1/s1. The lowest BCUT2D eigenvalue weighted by Crippen LogP contribution is -2.54. The number of benzene rings is 1. The highest BCUT2D eigenvalue weighted by Crippen LogP contribution is 2.38. The van der Waals surface area contributed by atoms with Crippen LogP contribution < -0.4 is 11.1 Å². The molecule has 0 bridgehead atoms. The first kappa shape index (κ1) is 35.8. The molecule has 1 saturated carbocycles. The highest BCUT2D eigenvalue weighted by atomic mass is 35.5. The number of piperidine rings is 2. The van der Waals surface area contributed by atoms with Crippen molar-refractivity contribution in [3.05, 3.63) is 28.3 Å². The largest absolute Gasteiger partial charge is 0.436 e. The molecule has 15 heteroatoms. The number of nitrogens with two attached hydrogens (primary N) is 1. The number of fused-ring (bicyclic) bond motifs is 1. The normalized spacial score (nSPS) is 25.7. The van der Waals surface area contributed by atoms with Gasteiger partial charge in [0.2, 0.25) is 0 Å². The van der Waals surface area contributed by atoms with Crippen LogP contribution >= 0.6 is 11.6 Å². The number of amides is 4. The molecule has 4 heterocycles. The molecule has 0 spiro atoms. The van der Waals surface area contributed by atoms with Gasteiger partial charge >= 0.3 is 18.3 Å². The Hall–Kier alpha value is -2.97. The number of nitrogen functional groups attached to an aromatic ring is 1. The molecule has 4 aliphatic heterocycles. The van der Waals surface area contributed by atoms with Gasteiger partial charge in [-0.3, -0.25) is 9.69 Å². The lowest BCUT2D eigenvalue weighted by atomic mass is 9.83. The Labute approximate surface area is 290 Å². The predicted molar refractivity (Wildman–Crippen MR) is 177 cm³/mol. The van der Waals surface area contributed by atoms with Gasteiger partial charge in [0.1, 0.15) is 0 Å². The van der Waals surface area contributed by atoms with Crippen LogP contribution in [-0.2, 0) is 26.9 Å². The van der Waals surface area contributed by atoms with Gasteiger partial charge in [0.15, 0.2) is 6.10 Å². The second-order valence-electron chi connectivity index (χ2n) is 14.1. The summed E-state index contributed by atoms with van der Waals surface area (Å²) in [6.45, 7) is 5.24. The van der Waals surface area contributed by atoms with Crippen molar-refractivity contribution < 1.29 is 37.0 Å². The van der Waals surface area contributed by atoms with E-state index in [0.29, 0.717) is 70.7 Å². The second-order valence-corrected chi connectivity index (χ2v) is 14.5. The minimum atomic E-state index is -4.76. The number of carbonyl (C=O) groups excluding carboxylic acids is 3. The van der Waals surface area contributed by atoms with Crippen molar-refractivity contribution in [3.8, 4) is 0 Å². The fraction of sp³-hybridized carbons (Fsp3) is 0.735. The van der Waals surface area contributed by atoms with Gasteiger partial charge in [-0.15, -0.1) is 0 Å². The quantitative estimate of drug-likeness (QED) is 0.409. The molecular formula is C34H48ClF3N6O5. The maximum absolute atomic E-state index is 13.9. The van der Waals surface area contributed by atoms with Crippen LogP contribution in [0, 0.1) is 5.92 Å². The number of ether oxygens (including phenoxy) is 2. The van der Waals surface area contributed by atoms with Crippen molar-refractivity contribution in [1.82, 2.24) is 24.9 Å². The summed E-state index contributed by atoms with van der Waals surface area (Å²) in [5, 5.41) is 2.96. The molecule has 6 rings (SSSR count). The number of likely N-dealkylation sites (tertiary alicyclic amines) is 2. The van der Waals surface area contributed by atoms with E-state index in [1.54, 1.807) is 4.90 Å². The van der Waals surface area contributed by atoms with Crippen LogP contribution in [0.25, 0.3) is 0 Å². The van der Waals surface area contributed by atoms with Crippen LogP contribution in [0.4, 0.5) is 28.4 Å². The Morgan fingerprint density at radius 1 is 0.918 bits per heavy atom. The Kier molecular flexibility index (Phi) is 11.3. The first-order valence-corrected chi connectivity index (χ1v) is 18.1. The molecule has 49 heavy (non-hydrogen) atoms. The number of nitrogens with one attached hydrogen (secondary N) is 1. The van der Waals surface area contributed by atoms with Crippen LogP contribution in [-0.4, -0.2) is 121 Å². The number of alkyl halides is 3. The third kappa shape index (κ3) is 8.50. The molecule has 3 N–H and O–H groups in total. The van der Waals surface area contributed by atoms with Crippen molar-refractivity contribution >= 4 is 35.3 Å². The fourth-order valence-electron chi connectivity index (χ4n) is 8.31. The van der Waals surface area contributed by atoms with E-state index in [1.807, 2.05) is 4.90 Å². The SMILES string of the molecule is Nc1c(Cl)cc(C[C@@H](OC(=O)N2CCC(N3CCC4CCCCC4NC3=O)CC2)C(=O)N2CCC(N3CCOCC3)CC2)cc1C(F)(F)F. The Morgan fingerprint density at radius 2 is 1.57 bits per heavy atom. The van der Waals surface area contributed by atoms with Crippen molar-refractivity contribution in [2.45, 2.75) is 94.6 Å². The molecule has 1 aromatic rings. The van der Waals surface area contributed by atoms with E-state index < -0.39 is 35.5 Å². The third-order valence-corrected chi connectivity index (χ3v) is 11.5. The Morgan fingerprint density at radius 3 is 2.27 bits per heavy atom. The fourth-order valence-corrected chi connectivity index (χ4v) is 8.56. The monoisotopic (exact) mass is 712 g/mol. The van der Waals surface area contributed by atoms with Gasteiger partial charge < -0.3 is 35.2 Å². The van der Waals surface area contributed by atoms with Crippen LogP contribution in [0.5, 0.6) is 0 Å². The van der Waals surface area contributed by atoms with Gasteiger partial charge in [-0.05, 0) is 68.6 Å². The van der Waals surface area contributed by atoms with E-state index in [2.05, 4.69) is 10.2 Å². The molecular weight excluding hydrogens is 665 g/mol. The second kappa shape index (κ2) is 15.5. The zero-order chi connectivity index (χ0) is 34.7. The van der Waals surface area contributed by atoms with Gasteiger partial charge in [-0.1, -0.05) is 24.4 Å². The van der Waals surface area contributed by atoms with Crippen LogP contribution in [0.2, 0.25) is 5.02 Å². The van der Waals surface area contributed by atoms with Crippen LogP contribution in [0.1, 0.15) is 68.9 Å². The molecule has 1 aliphatic carbocycles. The molecule has 5 aliphatic rings. The summed E-state index contributed by atoms with van der Waals surface area (Å²) >= 11 is 6.11. The Balaban J connectivity index is 1.11. The molecule has 2 unspecified atom stereocenters. The topological polar surface area (TPSA) is 121 Å². The molecule has 4 saturated heterocycles. The van der Waals surface area contributed by atoms with E-state index in [4.69, 9.17) is 26.8 Å². The average Bonchev–Trinajstić information content (AvgIpc) is 3.27. The van der Waals surface area contributed by atoms with Gasteiger partial charge in [-0.25, -0.2) is 9.59 Å². The number of anilines is 1. The van der Waals surface area contributed by atoms with Gasteiger partial charge in [0, 0.05) is 70.4 Å². The summed E-state index contributed by atoms with van der Waals surface area (Å²) in [4.78, 5) is 48.1. The van der Waals surface area contributed by atoms with E-state index in [-0.39, 0.29) is 35.1 Å². The van der Waals surface area contributed by atoms with Crippen molar-refractivity contribution in [2.24, 2.45) is 5.92 Å². The molecule has 3 atom stereocenters. The number of nitrogens with zero attached hydrogens (tertiary/aromatic N) is 4. The number of halogens is 4. The third-order valence-electron chi connectivity index (χ3n) is 11.2. The number of hydrogen-bond donors (Lipinski definition) is 2. The minimum absolute atomic E-state index is 0.0212. The molecule has 272 valence electrons. The maximum Gasteiger partial charge on any atom is 0.418 e. The summed E-state index contributed by atoms with van der Waals surface area (Å²) in [5.41, 5.74) is 4.05. The van der Waals surface area contributed by atoms with E-state index >= 15 is 0 Å². The molecule has 1 aromatic carbocycles. The van der Waals surface area contributed by atoms with Gasteiger partial charge in [-0.2, -0.15) is 13.2 Å². The molecule has 0 radical (unpaired) electrons. The molecule has 5 fully saturated rings. The van der Waals surface area contributed by atoms with Gasteiger partial charge in [0.05, 0.1) is 29.5 Å². The predicted octanol–water partition coefficient (Wildman–Crippen LogP) is 4.75. The zero-order valence-corrected chi connectivity index (χ0v) is 28.7. The van der Waals surface area contributed by atoms with E-state index in [9.17, 15) is 27.6 Å². The van der Waals surface area contributed by atoms with E-state index in [0.717, 1.165) is 57.7 Å². The molecule has 11 nitrogen and oxygen atoms in total. The smallest absolute Gasteiger partial charge is 0.418 e. The molecule has 4 amide bonds. The summed E-state index contributed by atoms with van der Waals surface area (Å²) in [6, 6.07) is 2.62. The number of carbonyl (C=O) groups is 3. The van der Waals surface area contributed by atoms with Crippen LogP contribution in [0.3, 0.4) is 0 Å². The number of hydrogen-bond acceptors (Lipinski definition) is 7. The first-order chi connectivity index (χ1) is 23.5. The number of urea groups is 1. The maximum atomic E-state index is 13.9. The summed E-state index contributed by atoms with van der Waals surface area (Å²) in [5.74, 6) is 0.0495. The van der Waals surface area contributed by atoms with Crippen molar-refractivity contribution in [3.63, 3.8) is 0 Å². The van der Waals surface area contributed by atoms with Gasteiger partial charge in [0.25, 0.3) is 5.91 Å². The zero-order valence-electron chi connectivity index (χ0n) is 27.9. The average molecular weight is 713 g/mol. The molecule has 0 aromatic heterocycles. The van der Waals surface area contributed by atoms with Crippen LogP contribution in [0.15, 0.2) is 12.1 Å². The first-order valence-electron chi connectivity index (χ1n) is 17.8. The highest BCUT2D eigenvalue weighted by Gasteiger charge is 2.39. The van der Waals surface area contributed by atoms with Crippen molar-refractivity contribution in [1.29, 1.82) is 0 Å². The summed E-state index contributed by atoms with van der Waals surface area (Å²) in [6.07, 6.45) is 0.929.